The number of nitrogens with zero attached hydrogens (tertiary/aromatic N) is 1. The van der Waals surface area contributed by atoms with Gasteiger partial charge in [-0.3, -0.25) is 0 Å². The Kier molecular flexibility index (Phi) is 3.25. The van der Waals surface area contributed by atoms with Crippen LogP contribution in [-0.2, 0) is 11.2 Å². The van der Waals surface area contributed by atoms with Crippen LogP contribution < -0.4 is 5.73 Å². The molecule has 18 heavy (non-hydrogen) atoms. The first-order chi connectivity index (χ1) is 8.77. The molecule has 2 aliphatic rings. The van der Waals surface area contributed by atoms with Crippen LogP contribution in [0.1, 0.15) is 50.5 Å². The molecule has 1 aliphatic heterocycles. The smallest absolute Gasteiger partial charge is 0.126 e. The molecule has 1 spiro atoms. The van der Waals surface area contributed by atoms with E-state index in [1.165, 1.54) is 38.5 Å². The molecular formula is C15H22N2O. The van der Waals surface area contributed by atoms with Crippen LogP contribution >= 0.6 is 0 Å². The van der Waals surface area contributed by atoms with Crippen molar-refractivity contribution in [2.75, 3.05) is 5.73 Å². The molecule has 1 atom stereocenters. The van der Waals surface area contributed by atoms with Gasteiger partial charge in [-0.1, -0.05) is 18.9 Å². The SMILES string of the molecule is Nc1ncccc1CCC1CCC2(CCCC2)O1. The van der Waals surface area contributed by atoms with Crippen LogP contribution in [0.3, 0.4) is 0 Å². The van der Waals surface area contributed by atoms with Crippen LogP contribution in [0, 0.1) is 0 Å². The fourth-order valence-electron chi connectivity index (χ4n) is 3.46. The van der Waals surface area contributed by atoms with Crippen molar-refractivity contribution < 1.29 is 4.74 Å². The van der Waals surface area contributed by atoms with Crippen LogP contribution in [-0.4, -0.2) is 16.7 Å². The second kappa shape index (κ2) is 4.88. The van der Waals surface area contributed by atoms with E-state index in [1.54, 1.807) is 6.20 Å². The van der Waals surface area contributed by atoms with Crippen molar-refractivity contribution in [3.05, 3.63) is 23.9 Å². The zero-order valence-electron chi connectivity index (χ0n) is 10.9. The van der Waals surface area contributed by atoms with Crippen molar-refractivity contribution in [2.24, 2.45) is 0 Å². The van der Waals surface area contributed by atoms with Crippen LogP contribution in [0.2, 0.25) is 0 Å². The third kappa shape index (κ3) is 2.37. The van der Waals surface area contributed by atoms with E-state index in [0.29, 0.717) is 11.9 Å². The normalized spacial score (nSPS) is 25.9. The average molecular weight is 246 g/mol. The maximum atomic E-state index is 6.31. The molecule has 3 heteroatoms. The Morgan fingerprint density at radius 2 is 2.17 bits per heavy atom. The van der Waals surface area contributed by atoms with Gasteiger partial charge in [0.2, 0.25) is 0 Å². The quantitative estimate of drug-likeness (QED) is 0.891. The second-order valence-corrected chi connectivity index (χ2v) is 5.76. The van der Waals surface area contributed by atoms with Crippen molar-refractivity contribution >= 4 is 5.82 Å². The lowest BCUT2D eigenvalue weighted by Crippen LogP contribution is -2.25. The van der Waals surface area contributed by atoms with Crippen LogP contribution in [0.15, 0.2) is 18.3 Å². The first kappa shape index (κ1) is 12.0. The minimum atomic E-state index is 0.255. The third-order valence-corrected chi connectivity index (χ3v) is 4.52. The van der Waals surface area contributed by atoms with E-state index in [0.717, 1.165) is 18.4 Å². The van der Waals surface area contributed by atoms with Gasteiger partial charge in [-0.15, -0.1) is 0 Å². The average Bonchev–Trinajstić information content (AvgIpc) is 3.00. The number of rotatable bonds is 3. The molecule has 1 saturated heterocycles. The van der Waals surface area contributed by atoms with E-state index in [-0.39, 0.29) is 5.60 Å². The number of hydrogen-bond acceptors (Lipinski definition) is 3. The van der Waals surface area contributed by atoms with E-state index in [2.05, 4.69) is 11.1 Å². The number of pyridine rings is 1. The summed E-state index contributed by atoms with van der Waals surface area (Å²) in [7, 11) is 0. The van der Waals surface area contributed by atoms with Crippen molar-refractivity contribution in [2.45, 2.75) is 63.1 Å². The molecule has 3 rings (SSSR count). The maximum absolute atomic E-state index is 6.31. The molecule has 1 saturated carbocycles. The fraction of sp³-hybridized carbons (Fsp3) is 0.667. The summed E-state index contributed by atoms with van der Waals surface area (Å²) in [6, 6.07) is 4.03. The number of aromatic nitrogens is 1. The summed E-state index contributed by atoms with van der Waals surface area (Å²) in [5.41, 5.74) is 7.28. The predicted octanol–water partition coefficient (Wildman–Crippen LogP) is 3.09. The Morgan fingerprint density at radius 1 is 1.33 bits per heavy atom. The van der Waals surface area contributed by atoms with Gasteiger partial charge in [0.1, 0.15) is 5.82 Å². The van der Waals surface area contributed by atoms with Crippen molar-refractivity contribution in [1.82, 2.24) is 4.98 Å². The zero-order chi connectivity index (χ0) is 12.4. The van der Waals surface area contributed by atoms with Crippen LogP contribution in [0.5, 0.6) is 0 Å². The zero-order valence-corrected chi connectivity index (χ0v) is 10.9. The van der Waals surface area contributed by atoms with Crippen molar-refractivity contribution in [1.29, 1.82) is 0 Å². The Labute approximate surface area is 109 Å². The molecule has 2 heterocycles. The molecule has 0 aromatic carbocycles. The number of aryl methyl sites for hydroxylation is 1. The number of hydrogen-bond donors (Lipinski definition) is 1. The molecule has 3 nitrogen and oxygen atoms in total. The largest absolute Gasteiger partial charge is 0.383 e. The molecule has 2 fully saturated rings. The Hall–Kier alpha value is -1.09. The highest BCUT2D eigenvalue weighted by Crippen LogP contribution is 2.44. The number of nitrogen functional groups attached to an aromatic ring is 1. The summed E-state index contributed by atoms with van der Waals surface area (Å²) in [5.74, 6) is 0.672. The van der Waals surface area contributed by atoms with Gasteiger partial charge in [-0.2, -0.15) is 0 Å². The predicted molar refractivity (Wildman–Crippen MR) is 72.3 cm³/mol. The number of ether oxygens (including phenoxy) is 1. The third-order valence-electron chi connectivity index (χ3n) is 4.52. The van der Waals surface area contributed by atoms with E-state index in [9.17, 15) is 0 Å². The van der Waals surface area contributed by atoms with E-state index < -0.39 is 0 Å². The van der Waals surface area contributed by atoms with Gasteiger partial charge < -0.3 is 10.5 Å². The van der Waals surface area contributed by atoms with Gasteiger partial charge in [0.25, 0.3) is 0 Å². The Bertz CT molecular complexity index is 413. The minimum Gasteiger partial charge on any atom is -0.383 e. The first-order valence-electron chi connectivity index (χ1n) is 7.15. The summed E-state index contributed by atoms with van der Waals surface area (Å²) < 4.78 is 6.31. The molecule has 1 aromatic rings. The van der Waals surface area contributed by atoms with E-state index in [4.69, 9.17) is 10.5 Å². The first-order valence-corrected chi connectivity index (χ1v) is 7.15. The van der Waals surface area contributed by atoms with Crippen LogP contribution in [0.25, 0.3) is 0 Å². The molecule has 0 radical (unpaired) electrons. The minimum absolute atomic E-state index is 0.255. The van der Waals surface area contributed by atoms with Gasteiger partial charge in [0.05, 0.1) is 11.7 Å². The molecular weight excluding hydrogens is 224 g/mol. The monoisotopic (exact) mass is 246 g/mol. The summed E-state index contributed by atoms with van der Waals surface area (Å²) in [6.07, 6.45) is 12.0. The number of nitrogens with two attached hydrogens (primary N) is 1. The van der Waals surface area contributed by atoms with Crippen molar-refractivity contribution in [3.8, 4) is 0 Å². The highest BCUT2D eigenvalue weighted by Gasteiger charge is 2.41. The Balaban J connectivity index is 1.54. The highest BCUT2D eigenvalue weighted by atomic mass is 16.5. The van der Waals surface area contributed by atoms with Gasteiger partial charge in [-0.25, -0.2) is 4.98 Å². The standard InChI is InChI=1S/C15H22N2O/c16-14-12(4-3-11-17-14)5-6-13-7-10-15(18-13)8-1-2-9-15/h3-4,11,13H,1-2,5-10H2,(H2,16,17). The molecule has 1 unspecified atom stereocenters. The molecule has 0 amide bonds. The van der Waals surface area contributed by atoms with E-state index >= 15 is 0 Å². The molecule has 98 valence electrons. The second-order valence-electron chi connectivity index (χ2n) is 5.76. The van der Waals surface area contributed by atoms with Gasteiger partial charge in [0, 0.05) is 6.20 Å². The van der Waals surface area contributed by atoms with Crippen LogP contribution in [0.4, 0.5) is 5.82 Å². The summed E-state index contributed by atoms with van der Waals surface area (Å²) in [4.78, 5) is 4.13. The highest BCUT2D eigenvalue weighted by molar-refractivity contribution is 5.38. The maximum Gasteiger partial charge on any atom is 0.126 e. The summed E-state index contributed by atoms with van der Waals surface area (Å²) >= 11 is 0. The van der Waals surface area contributed by atoms with Crippen molar-refractivity contribution in [3.63, 3.8) is 0 Å². The lowest BCUT2D eigenvalue weighted by Gasteiger charge is -2.23. The summed E-state index contributed by atoms with van der Waals surface area (Å²) in [5, 5.41) is 0. The summed E-state index contributed by atoms with van der Waals surface area (Å²) in [6.45, 7) is 0. The van der Waals surface area contributed by atoms with E-state index in [1.807, 2.05) is 6.07 Å². The molecule has 1 aromatic heterocycles. The molecule has 1 aliphatic carbocycles. The molecule has 0 bridgehead atoms. The molecule has 2 N–H and O–H groups in total. The van der Waals surface area contributed by atoms with Gasteiger partial charge >= 0.3 is 0 Å². The Morgan fingerprint density at radius 3 is 2.94 bits per heavy atom. The lowest BCUT2D eigenvalue weighted by atomic mass is 9.97. The van der Waals surface area contributed by atoms with Gasteiger partial charge in [0.15, 0.2) is 0 Å². The topological polar surface area (TPSA) is 48.1 Å². The lowest BCUT2D eigenvalue weighted by molar-refractivity contribution is -0.0386. The fourth-order valence-corrected chi connectivity index (χ4v) is 3.46. The van der Waals surface area contributed by atoms with Gasteiger partial charge in [-0.05, 0) is 50.2 Å². The number of anilines is 1.